The Labute approximate surface area is 125 Å². The topological polar surface area (TPSA) is 101 Å². The van der Waals surface area contributed by atoms with Gasteiger partial charge in [-0.05, 0) is 34.5 Å². The fourth-order valence-corrected chi connectivity index (χ4v) is 3.04. The van der Waals surface area contributed by atoms with Crippen molar-refractivity contribution in [2.45, 2.75) is 24.7 Å². The number of carbonyl (C=O) groups excluding carboxylic acids is 1. The van der Waals surface area contributed by atoms with Gasteiger partial charge in [-0.25, -0.2) is 22.3 Å². The Morgan fingerprint density at radius 2 is 2.10 bits per heavy atom. The van der Waals surface area contributed by atoms with Gasteiger partial charge in [0.15, 0.2) is 5.82 Å². The first-order valence-corrected chi connectivity index (χ1v) is 8.10. The number of carbonyl (C=O) groups is 1. The van der Waals surface area contributed by atoms with Crippen molar-refractivity contribution in [3.05, 3.63) is 22.4 Å². The summed E-state index contributed by atoms with van der Waals surface area (Å²) < 4.78 is 39.2. The molecule has 0 fully saturated rings. The van der Waals surface area contributed by atoms with Crippen molar-refractivity contribution in [3.63, 3.8) is 0 Å². The van der Waals surface area contributed by atoms with Gasteiger partial charge in [-0.2, -0.15) is 0 Å². The van der Waals surface area contributed by atoms with Crippen LogP contribution < -0.4 is 15.8 Å². The Hall–Kier alpha value is -1.35. The number of unbranched alkanes of at least 4 members (excludes halogenated alkanes) is 1. The van der Waals surface area contributed by atoms with E-state index < -0.39 is 26.8 Å². The summed E-state index contributed by atoms with van der Waals surface area (Å²) in [4.78, 5) is 10.7. The van der Waals surface area contributed by atoms with E-state index in [4.69, 9.17) is 5.73 Å². The number of amides is 2. The van der Waals surface area contributed by atoms with Crippen LogP contribution in [0.2, 0.25) is 0 Å². The van der Waals surface area contributed by atoms with Crippen LogP contribution in [0.3, 0.4) is 0 Å². The molecule has 1 aromatic rings. The van der Waals surface area contributed by atoms with E-state index in [1.807, 2.05) is 6.92 Å². The molecule has 0 saturated heterocycles. The Balaban J connectivity index is 2.92. The largest absolute Gasteiger partial charge is 0.399 e. The van der Waals surface area contributed by atoms with E-state index >= 15 is 0 Å². The molecule has 112 valence electrons. The molecule has 0 aliphatic heterocycles. The lowest BCUT2D eigenvalue weighted by molar-refractivity contribution is 0.245. The third-order valence-corrected chi connectivity index (χ3v) is 4.26. The van der Waals surface area contributed by atoms with Crippen LogP contribution in [-0.2, 0) is 10.0 Å². The van der Waals surface area contributed by atoms with Crippen molar-refractivity contribution < 1.29 is 17.6 Å². The number of rotatable bonds is 5. The normalized spacial score (nSPS) is 11.2. The van der Waals surface area contributed by atoms with Crippen LogP contribution in [0.15, 0.2) is 21.5 Å². The van der Waals surface area contributed by atoms with Crippen LogP contribution in [0.4, 0.5) is 14.9 Å². The monoisotopic (exact) mass is 367 g/mol. The smallest absolute Gasteiger partial charge is 0.328 e. The van der Waals surface area contributed by atoms with Crippen LogP contribution in [0.1, 0.15) is 19.8 Å². The predicted octanol–water partition coefficient (Wildman–Crippen LogP) is 1.96. The predicted molar refractivity (Wildman–Crippen MR) is 77.1 cm³/mol. The number of sulfonamides is 1. The van der Waals surface area contributed by atoms with Crippen molar-refractivity contribution in [1.29, 1.82) is 0 Å². The van der Waals surface area contributed by atoms with E-state index in [0.29, 0.717) is 13.0 Å². The van der Waals surface area contributed by atoms with E-state index in [1.165, 1.54) is 6.07 Å². The average Bonchev–Trinajstić information content (AvgIpc) is 2.33. The fourth-order valence-electron chi connectivity index (χ4n) is 1.37. The first kappa shape index (κ1) is 16.7. The second-order valence-electron chi connectivity index (χ2n) is 4.03. The fraction of sp³-hybridized carbons (Fsp3) is 0.364. The molecule has 0 aliphatic carbocycles. The van der Waals surface area contributed by atoms with Crippen LogP contribution in [-0.4, -0.2) is 21.0 Å². The highest BCUT2D eigenvalue weighted by atomic mass is 79.9. The van der Waals surface area contributed by atoms with Crippen LogP contribution in [0, 0.1) is 5.82 Å². The summed E-state index contributed by atoms with van der Waals surface area (Å²) in [6, 6.07) is 1.27. The summed E-state index contributed by atoms with van der Waals surface area (Å²) in [5, 5.41) is 2.36. The molecule has 0 radical (unpaired) electrons. The van der Waals surface area contributed by atoms with Gasteiger partial charge in [-0.1, -0.05) is 13.3 Å². The van der Waals surface area contributed by atoms with Crippen molar-refractivity contribution >= 4 is 37.7 Å². The summed E-state index contributed by atoms with van der Waals surface area (Å²) >= 11 is 2.86. The van der Waals surface area contributed by atoms with Crippen molar-refractivity contribution in [2.75, 3.05) is 12.3 Å². The van der Waals surface area contributed by atoms with E-state index in [9.17, 15) is 17.6 Å². The highest BCUT2D eigenvalue weighted by molar-refractivity contribution is 9.10. The van der Waals surface area contributed by atoms with Gasteiger partial charge in [0.1, 0.15) is 4.90 Å². The number of hydrogen-bond acceptors (Lipinski definition) is 4. The number of urea groups is 1. The lowest BCUT2D eigenvalue weighted by Crippen LogP contribution is -2.40. The first-order chi connectivity index (χ1) is 9.27. The number of nitrogens with two attached hydrogens (primary N) is 1. The molecule has 1 rings (SSSR count). The minimum absolute atomic E-state index is 0.0602. The summed E-state index contributed by atoms with van der Waals surface area (Å²) in [6.07, 6.45) is 1.56. The Morgan fingerprint density at radius 3 is 2.70 bits per heavy atom. The van der Waals surface area contributed by atoms with Gasteiger partial charge in [0.2, 0.25) is 0 Å². The third kappa shape index (κ3) is 4.34. The molecule has 4 N–H and O–H groups in total. The summed E-state index contributed by atoms with van der Waals surface area (Å²) in [5.41, 5.74) is 5.52. The number of hydrogen-bond donors (Lipinski definition) is 3. The van der Waals surface area contributed by atoms with E-state index in [-0.39, 0.29) is 10.2 Å². The van der Waals surface area contributed by atoms with Gasteiger partial charge in [-0.15, -0.1) is 0 Å². The van der Waals surface area contributed by atoms with Crippen LogP contribution in [0.25, 0.3) is 0 Å². The van der Waals surface area contributed by atoms with Gasteiger partial charge in [0.25, 0.3) is 10.0 Å². The second-order valence-corrected chi connectivity index (χ2v) is 6.53. The van der Waals surface area contributed by atoms with E-state index in [1.54, 1.807) is 4.72 Å². The molecule has 0 bridgehead atoms. The molecule has 0 aromatic heterocycles. The van der Waals surface area contributed by atoms with Gasteiger partial charge in [-0.3, -0.25) is 0 Å². The standard InChI is InChI=1S/C11H15BrFN3O3S/c1-2-3-4-15-11(17)16-20(18,19)9-6-7(14)5-8(12)10(9)13/h5-6H,2-4,14H2,1H3,(H2,15,16,17). The second kappa shape index (κ2) is 6.89. The number of halogens is 2. The maximum atomic E-state index is 13.8. The van der Waals surface area contributed by atoms with Crippen molar-refractivity contribution in [1.82, 2.24) is 10.0 Å². The molecule has 9 heteroatoms. The Kier molecular flexibility index (Phi) is 5.75. The molecule has 2 amide bonds. The quantitative estimate of drug-likeness (QED) is 0.546. The molecule has 0 atom stereocenters. The van der Waals surface area contributed by atoms with Gasteiger partial charge < -0.3 is 11.1 Å². The van der Waals surface area contributed by atoms with Crippen LogP contribution in [0.5, 0.6) is 0 Å². The molecule has 1 aromatic carbocycles. The zero-order valence-corrected chi connectivity index (χ0v) is 13.1. The number of nitrogens with one attached hydrogen (secondary N) is 2. The van der Waals surface area contributed by atoms with Gasteiger partial charge >= 0.3 is 6.03 Å². The highest BCUT2D eigenvalue weighted by Crippen LogP contribution is 2.25. The molecular formula is C11H15BrFN3O3S. The minimum atomic E-state index is -4.32. The van der Waals surface area contributed by atoms with E-state index in [0.717, 1.165) is 12.5 Å². The lowest BCUT2D eigenvalue weighted by Gasteiger charge is -2.10. The SMILES string of the molecule is CCCCNC(=O)NS(=O)(=O)c1cc(N)cc(Br)c1F. The summed E-state index contributed by atoms with van der Waals surface area (Å²) in [6.45, 7) is 2.26. The average molecular weight is 368 g/mol. The minimum Gasteiger partial charge on any atom is -0.399 e. The van der Waals surface area contributed by atoms with E-state index in [2.05, 4.69) is 21.2 Å². The Morgan fingerprint density at radius 1 is 1.45 bits per heavy atom. The zero-order chi connectivity index (χ0) is 15.3. The molecule has 0 spiro atoms. The molecule has 6 nitrogen and oxygen atoms in total. The summed E-state index contributed by atoms with van der Waals surface area (Å²) in [7, 11) is -4.32. The zero-order valence-electron chi connectivity index (χ0n) is 10.7. The molecular weight excluding hydrogens is 353 g/mol. The highest BCUT2D eigenvalue weighted by Gasteiger charge is 2.23. The lowest BCUT2D eigenvalue weighted by atomic mass is 10.3. The maximum Gasteiger partial charge on any atom is 0.328 e. The van der Waals surface area contributed by atoms with Gasteiger partial charge in [0, 0.05) is 12.2 Å². The molecule has 20 heavy (non-hydrogen) atoms. The maximum absolute atomic E-state index is 13.8. The van der Waals surface area contributed by atoms with Crippen molar-refractivity contribution in [2.24, 2.45) is 0 Å². The Bertz CT molecular complexity index is 607. The third-order valence-electron chi connectivity index (χ3n) is 2.35. The summed E-state index contributed by atoms with van der Waals surface area (Å²) in [5.74, 6) is -1.01. The molecule has 0 saturated carbocycles. The molecule has 0 aliphatic rings. The number of nitrogen functional groups attached to an aromatic ring is 1. The first-order valence-electron chi connectivity index (χ1n) is 5.83. The number of anilines is 1. The van der Waals surface area contributed by atoms with Crippen molar-refractivity contribution in [3.8, 4) is 0 Å². The van der Waals surface area contributed by atoms with Crippen LogP contribution >= 0.6 is 15.9 Å². The molecule has 0 heterocycles. The molecule has 0 unspecified atom stereocenters. The van der Waals surface area contributed by atoms with Gasteiger partial charge in [0.05, 0.1) is 4.47 Å². The number of benzene rings is 1.